The van der Waals surface area contributed by atoms with Crippen LogP contribution in [-0.4, -0.2) is 31.7 Å². The van der Waals surface area contributed by atoms with Crippen LogP contribution in [0.1, 0.15) is 33.5 Å². The van der Waals surface area contributed by atoms with E-state index >= 15 is 0 Å². The lowest BCUT2D eigenvalue weighted by Gasteiger charge is -2.10. The average molecular weight is 457 g/mol. The number of amides is 2. The minimum absolute atomic E-state index is 0.0718. The number of nitrogens with zero attached hydrogens (tertiary/aromatic N) is 2. The fourth-order valence-corrected chi connectivity index (χ4v) is 2.99. The summed E-state index contributed by atoms with van der Waals surface area (Å²) >= 11 is 0. The summed E-state index contributed by atoms with van der Waals surface area (Å²) in [7, 11) is 1.55. The number of nitrogens with one attached hydrogen (secondary N) is 2. The van der Waals surface area contributed by atoms with E-state index in [9.17, 15) is 14.9 Å². The minimum Gasteiger partial charge on any atom is -0.497 e. The van der Waals surface area contributed by atoms with Gasteiger partial charge < -0.3 is 14.8 Å². The van der Waals surface area contributed by atoms with Gasteiger partial charge in [0.15, 0.2) is 0 Å². The third-order valence-electron chi connectivity index (χ3n) is 4.82. The summed E-state index contributed by atoms with van der Waals surface area (Å²) in [6.07, 6.45) is 1.56. The number of hydrazone groups is 1. The van der Waals surface area contributed by atoms with Gasteiger partial charge in [0.2, 0.25) is 5.91 Å². The maximum absolute atomic E-state index is 12.1. The smallest absolute Gasteiger partial charge is 0.251 e. The van der Waals surface area contributed by atoms with E-state index in [1.165, 1.54) is 6.21 Å². The van der Waals surface area contributed by atoms with Crippen molar-refractivity contribution in [2.75, 3.05) is 13.7 Å². The maximum Gasteiger partial charge on any atom is 0.251 e. The molecule has 0 aliphatic rings. The molecule has 0 unspecified atom stereocenters. The van der Waals surface area contributed by atoms with Crippen LogP contribution >= 0.6 is 0 Å². The molecule has 3 rings (SSSR count). The number of hydrogen-bond acceptors (Lipinski definition) is 6. The summed E-state index contributed by atoms with van der Waals surface area (Å²) < 4.78 is 10.9. The van der Waals surface area contributed by atoms with Crippen molar-refractivity contribution in [2.24, 2.45) is 5.10 Å². The molecule has 0 aliphatic carbocycles. The zero-order chi connectivity index (χ0) is 24.2. The predicted octanol–water partition coefficient (Wildman–Crippen LogP) is 3.42. The molecule has 34 heavy (non-hydrogen) atoms. The monoisotopic (exact) mass is 456 g/mol. The van der Waals surface area contributed by atoms with E-state index in [2.05, 4.69) is 21.9 Å². The second-order valence-corrected chi connectivity index (χ2v) is 7.12. The minimum atomic E-state index is -0.340. The Morgan fingerprint density at radius 3 is 2.53 bits per heavy atom. The predicted molar refractivity (Wildman–Crippen MR) is 128 cm³/mol. The molecule has 2 N–H and O–H groups in total. The van der Waals surface area contributed by atoms with Crippen LogP contribution in [0, 0.1) is 11.3 Å². The Balaban J connectivity index is 1.47. The first-order chi connectivity index (χ1) is 16.6. The molecule has 0 aliphatic heterocycles. The van der Waals surface area contributed by atoms with E-state index in [0.29, 0.717) is 28.2 Å². The van der Waals surface area contributed by atoms with Gasteiger partial charge in [-0.2, -0.15) is 10.4 Å². The normalized spacial score (nSPS) is 10.4. The lowest BCUT2D eigenvalue weighted by Crippen LogP contribution is -2.29. The first kappa shape index (κ1) is 24.0. The average Bonchev–Trinajstić information content (AvgIpc) is 2.88. The molecule has 0 atom stereocenters. The molecule has 0 spiro atoms. The Labute approximate surface area is 197 Å². The number of hydrogen-bond donors (Lipinski definition) is 2. The zero-order valence-electron chi connectivity index (χ0n) is 18.7. The van der Waals surface area contributed by atoms with Crippen molar-refractivity contribution >= 4 is 18.0 Å². The molecule has 0 bridgehead atoms. The first-order valence-corrected chi connectivity index (χ1v) is 10.5. The fraction of sp³-hybridized carbons (Fsp3) is 0.154. The molecule has 0 heterocycles. The van der Waals surface area contributed by atoms with Crippen LogP contribution in [0.5, 0.6) is 11.5 Å². The Kier molecular flexibility index (Phi) is 8.76. The summed E-state index contributed by atoms with van der Waals surface area (Å²) in [5.74, 6) is 0.614. The number of methoxy groups -OCH3 is 1. The van der Waals surface area contributed by atoms with Crippen molar-refractivity contribution in [3.63, 3.8) is 0 Å². The van der Waals surface area contributed by atoms with Crippen LogP contribution in [0.4, 0.5) is 0 Å². The van der Waals surface area contributed by atoms with E-state index in [-0.39, 0.29) is 31.4 Å². The molecule has 0 saturated heterocycles. The molecule has 172 valence electrons. The largest absolute Gasteiger partial charge is 0.497 e. The lowest BCUT2D eigenvalue weighted by molar-refractivity contribution is -0.120. The van der Waals surface area contributed by atoms with Crippen LogP contribution in [0.15, 0.2) is 77.9 Å². The van der Waals surface area contributed by atoms with Gasteiger partial charge in [0.1, 0.15) is 18.1 Å². The topological polar surface area (TPSA) is 113 Å². The third-order valence-corrected chi connectivity index (χ3v) is 4.82. The molecule has 2 amide bonds. The number of carbonyl (C=O) groups excluding carboxylic acids is 2. The molecule has 8 nitrogen and oxygen atoms in total. The second kappa shape index (κ2) is 12.4. The highest BCUT2D eigenvalue weighted by molar-refractivity contribution is 5.94. The second-order valence-electron chi connectivity index (χ2n) is 7.12. The molecule has 3 aromatic carbocycles. The van der Waals surface area contributed by atoms with Crippen LogP contribution < -0.4 is 20.2 Å². The van der Waals surface area contributed by atoms with E-state index in [1.54, 1.807) is 55.6 Å². The molecular formula is C26H24N4O4. The molecule has 0 fully saturated rings. The van der Waals surface area contributed by atoms with Crippen LogP contribution in [0.2, 0.25) is 0 Å². The number of ether oxygens (including phenoxy) is 2. The molecule has 0 saturated carbocycles. The number of para-hydroxylation sites is 1. The van der Waals surface area contributed by atoms with Gasteiger partial charge in [-0.3, -0.25) is 9.59 Å². The van der Waals surface area contributed by atoms with Crippen molar-refractivity contribution in [3.8, 4) is 17.6 Å². The van der Waals surface area contributed by atoms with Gasteiger partial charge in [-0.1, -0.05) is 30.3 Å². The zero-order valence-corrected chi connectivity index (χ0v) is 18.7. The Morgan fingerprint density at radius 2 is 1.76 bits per heavy atom. The van der Waals surface area contributed by atoms with Crippen molar-refractivity contribution in [1.29, 1.82) is 5.26 Å². The Bertz CT molecular complexity index is 1200. The standard InChI is InChI=1S/C26H24N4O4/c1-33-23-12-10-19(11-13-23)26(32)28-15-14-25(31)30-29-17-21-7-4-5-9-24(21)34-18-22-8-3-2-6-20(22)16-27/h2-13,17H,14-15,18H2,1H3,(H,28,32)(H,30,31). The van der Waals surface area contributed by atoms with Crippen molar-refractivity contribution in [2.45, 2.75) is 13.0 Å². The molecule has 0 radical (unpaired) electrons. The number of nitriles is 1. The SMILES string of the molecule is COc1ccc(C(=O)NCCC(=O)NN=Cc2ccccc2OCc2ccccc2C#N)cc1. The summed E-state index contributed by atoms with van der Waals surface area (Å²) in [6.45, 7) is 0.402. The molecule has 3 aromatic rings. The van der Waals surface area contributed by atoms with E-state index in [0.717, 1.165) is 5.56 Å². The van der Waals surface area contributed by atoms with E-state index < -0.39 is 0 Å². The van der Waals surface area contributed by atoms with Crippen molar-refractivity contribution in [3.05, 3.63) is 95.1 Å². The number of benzene rings is 3. The maximum atomic E-state index is 12.1. The summed E-state index contributed by atoms with van der Waals surface area (Å²) in [5.41, 5.74) is 4.93. The lowest BCUT2D eigenvalue weighted by atomic mass is 10.1. The van der Waals surface area contributed by atoms with Gasteiger partial charge in [-0.05, 0) is 42.5 Å². The highest BCUT2D eigenvalue weighted by Gasteiger charge is 2.07. The Hall–Kier alpha value is -4.64. The van der Waals surface area contributed by atoms with Gasteiger partial charge in [-0.25, -0.2) is 5.43 Å². The highest BCUT2D eigenvalue weighted by atomic mass is 16.5. The third kappa shape index (κ3) is 6.93. The quantitative estimate of drug-likeness (QED) is 0.359. The van der Waals surface area contributed by atoms with Crippen LogP contribution in [0.3, 0.4) is 0 Å². The molecular weight excluding hydrogens is 432 g/mol. The van der Waals surface area contributed by atoms with Gasteiger partial charge in [-0.15, -0.1) is 0 Å². The summed E-state index contributed by atoms with van der Waals surface area (Å²) in [5, 5.41) is 15.9. The Morgan fingerprint density at radius 1 is 1.03 bits per heavy atom. The van der Waals surface area contributed by atoms with E-state index in [1.807, 2.05) is 24.3 Å². The molecule has 8 heteroatoms. The fourth-order valence-electron chi connectivity index (χ4n) is 2.99. The van der Waals surface area contributed by atoms with Crippen molar-refractivity contribution in [1.82, 2.24) is 10.7 Å². The van der Waals surface area contributed by atoms with Gasteiger partial charge in [0.25, 0.3) is 5.91 Å². The van der Waals surface area contributed by atoms with Crippen molar-refractivity contribution < 1.29 is 19.1 Å². The number of rotatable bonds is 10. The van der Waals surface area contributed by atoms with E-state index in [4.69, 9.17) is 9.47 Å². The highest BCUT2D eigenvalue weighted by Crippen LogP contribution is 2.18. The van der Waals surface area contributed by atoms with Crippen LogP contribution in [0.25, 0.3) is 0 Å². The first-order valence-electron chi connectivity index (χ1n) is 10.5. The number of carbonyl (C=O) groups is 2. The summed E-state index contributed by atoms with van der Waals surface area (Å²) in [4.78, 5) is 24.2. The van der Waals surface area contributed by atoms with Gasteiger partial charge in [0.05, 0.1) is 25.0 Å². The summed E-state index contributed by atoms with van der Waals surface area (Å²) in [6, 6.07) is 23.3. The van der Waals surface area contributed by atoms with Crippen LogP contribution in [-0.2, 0) is 11.4 Å². The van der Waals surface area contributed by atoms with Gasteiger partial charge in [0, 0.05) is 29.7 Å². The van der Waals surface area contributed by atoms with Gasteiger partial charge >= 0.3 is 0 Å². The molecule has 0 aromatic heterocycles.